The Labute approximate surface area is 208 Å². The maximum absolute atomic E-state index is 13.1. The minimum Gasteiger partial charge on any atom is -0.497 e. The summed E-state index contributed by atoms with van der Waals surface area (Å²) in [6.07, 6.45) is 0. The number of H-pyrrole nitrogens is 1. The van der Waals surface area contributed by atoms with E-state index in [0.29, 0.717) is 27.7 Å². The van der Waals surface area contributed by atoms with Crippen molar-refractivity contribution in [3.05, 3.63) is 83.5 Å². The number of halogens is 1. The van der Waals surface area contributed by atoms with Crippen molar-refractivity contribution in [1.29, 1.82) is 0 Å². The summed E-state index contributed by atoms with van der Waals surface area (Å²) in [5, 5.41) is 4.69. The van der Waals surface area contributed by atoms with Crippen LogP contribution in [-0.2, 0) is 9.53 Å². The van der Waals surface area contributed by atoms with Crippen molar-refractivity contribution in [2.45, 2.75) is 0 Å². The first kappa shape index (κ1) is 23.2. The standard InChI is InChI=1S/C26H19FN4O4S/c1-34-19-9-4-16(5-10-19)24-28-20-11-6-17(12-21(20)29-24)25(33)35-13-23(32)31-26-30-22(14-36-26)15-2-7-18(27)8-3-15/h2-12,14H,13H2,1H3,(H,28,29)(H,30,31,32). The molecule has 0 aliphatic rings. The number of anilines is 1. The summed E-state index contributed by atoms with van der Waals surface area (Å²) in [6.45, 7) is -0.470. The van der Waals surface area contributed by atoms with Gasteiger partial charge in [-0.3, -0.25) is 10.1 Å². The molecule has 2 N–H and O–H groups in total. The molecule has 2 heterocycles. The van der Waals surface area contributed by atoms with Crippen LogP contribution in [0.2, 0.25) is 0 Å². The number of imidazole rings is 1. The van der Waals surface area contributed by atoms with Crippen molar-refractivity contribution in [2.24, 2.45) is 0 Å². The van der Waals surface area contributed by atoms with E-state index in [2.05, 4.69) is 20.3 Å². The van der Waals surface area contributed by atoms with Crippen LogP contribution in [-0.4, -0.2) is 40.5 Å². The van der Waals surface area contributed by atoms with Gasteiger partial charge in [-0.25, -0.2) is 19.2 Å². The molecule has 0 saturated heterocycles. The second-order valence-corrected chi connectivity index (χ2v) is 8.57. The van der Waals surface area contributed by atoms with E-state index in [-0.39, 0.29) is 11.4 Å². The number of thiazole rings is 1. The SMILES string of the molecule is COc1ccc(-c2nc3ccc(C(=O)OCC(=O)Nc4nc(-c5ccc(F)cc5)cs4)cc3[nH]2)cc1. The molecule has 0 aliphatic heterocycles. The summed E-state index contributed by atoms with van der Waals surface area (Å²) in [5.74, 6) is -0.103. The number of ether oxygens (including phenoxy) is 2. The van der Waals surface area contributed by atoms with Crippen LogP contribution in [0.3, 0.4) is 0 Å². The van der Waals surface area contributed by atoms with Crippen LogP contribution in [0.1, 0.15) is 10.4 Å². The van der Waals surface area contributed by atoms with Gasteiger partial charge in [0.15, 0.2) is 11.7 Å². The Morgan fingerprint density at radius 1 is 1.00 bits per heavy atom. The third-order valence-electron chi connectivity index (χ3n) is 5.31. The molecule has 10 heteroatoms. The van der Waals surface area contributed by atoms with Crippen LogP contribution in [0.4, 0.5) is 9.52 Å². The zero-order chi connectivity index (χ0) is 25.1. The van der Waals surface area contributed by atoms with Crippen LogP contribution in [0.15, 0.2) is 72.1 Å². The van der Waals surface area contributed by atoms with Gasteiger partial charge in [-0.15, -0.1) is 11.3 Å². The van der Waals surface area contributed by atoms with E-state index in [4.69, 9.17) is 9.47 Å². The summed E-state index contributed by atoms with van der Waals surface area (Å²) >= 11 is 1.22. The zero-order valence-electron chi connectivity index (χ0n) is 18.9. The van der Waals surface area contributed by atoms with Crippen LogP contribution in [0, 0.1) is 5.82 Å². The maximum atomic E-state index is 13.1. The number of hydrogen-bond acceptors (Lipinski definition) is 7. The number of carbonyl (C=O) groups is 2. The van der Waals surface area contributed by atoms with Gasteiger partial charge in [0.2, 0.25) is 0 Å². The predicted octanol–water partition coefficient (Wildman–Crippen LogP) is 5.30. The molecule has 0 unspecified atom stereocenters. The van der Waals surface area contributed by atoms with Crippen LogP contribution < -0.4 is 10.1 Å². The Morgan fingerprint density at radius 3 is 2.50 bits per heavy atom. The maximum Gasteiger partial charge on any atom is 0.338 e. The van der Waals surface area contributed by atoms with E-state index in [9.17, 15) is 14.0 Å². The Balaban J connectivity index is 1.20. The number of rotatable bonds is 7. The van der Waals surface area contributed by atoms with Crippen LogP contribution >= 0.6 is 11.3 Å². The molecule has 8 nitrogen and oxygen atoms in total. The fourth-order valence-corrected chi connectivity index (χ4v) is 4.21. The molecule has 5 rings (SSSR count). The molecule has 36 heavy (non-hydrogen) atoms. The Bertz CT molecular complexity index is 1540. The van der Waals surface area contributed by atoms with Crippen molar-refractivity contribution >= 4 is 39.4 Å². The number of aromatic amines is 1. The highest BCUT2D eigenvalue weighted by Gasteiger charge is 2.14. The summed E-state index contributed by atoms with van der Waals surface area (Å²) < 4.78 is 23.4. The number of methoxy groups -OCH3 is 1. The monoisotopic (exact) mass is 502 g/mol. The third-order valence-corrected chi connectivity index (χ3v) is 6.06. The first-order valence-corrected chi connectivity index (χ1v) is 11.7. The fraction of sp³-hybridized carbons (Fsp3) is 0.0769. The number of benzene rings is 3. The van der Waals surface area contributed by atoms with E-state index >= 15 is 0 Å². The van der Waals surface area contributed by atoms with Gasteiger partial charge in [0.1, 0.15) is 17.4 Å². The van der Waals surface area contributed by atoms with E-state index in [1.54, 1.807) is 42.8 Å². The summed E-state index contributed by atoms with van der Waals surface area (Å²) in [6, 6.07) is 18.3. The van der Waals surface area contributed by atoms with Gasteiger partial charge in [0.25, 0.3) is 5.91 Å². The topological polar surface area (TPSA) is 106 Å². The van der Waals surface area contributed by atoms with E-state index < -0.39 is 18.5 Å². The Kier molecular flexibility index (Phi) is 6.42. The lowest BCUT2D eigenvalue weighted by atomic mass is 10.2. The molecule has 0 spiro atoms. The van der Waals surface area contributed by atoms with Crippen molar-refractivity contribution < 1.29 is 23.5 Å². The van der Waals surface area contributed by atoms with Crippen molar-refractivity contribution in [1.82, 2.24) is 15.0 Å². The number of amides is 1. The second kappa shape index (κ2) is 9.96. The zero-order valence-corrected chi connectivity index (χ0v) is 19.8. The number of carbonyl (C=O) groups excluding carboxylic acids is 2. The largest absolute Gasteiger partial charge is 0.497 e. The smallest absolute Gasteiger partial charge is 0.338 e. The quantitative estimate of drug-likeness (QED) is 0.293. The van der Waals surface area contributed by atoms with Crippen molar-refractivity contribution in [2.75, 3.05) is 19.0 Å². The molecule has 0 bridgehead atoms. The molecule has 5 aromatic rings. The highest BCUT2D eigenvalue weighted by molar-refractivity contribution is 7.14. The second-order valence-electron chi connectivity index (χ2n) is 7.71. The van der Waals surface area contributed by atoms with Gasteiger partial charge in [-0.1, -0.05) is 0 Å². The van der Waals surface area contributed by atoms with E-state index in [0.717, 1.165) is 16.9 Å². The van der Waals surface area contributed by atoms with Crippen molar-refractivity contribution in [3.63, 3.8) is 0 Å². The highest BCUT2D eigenvalue weighted by Crippen LogP contribution is 2.26. The molecule has 1 amide bonds. The Hall–Kier alpha value is -4.57. The predicted molar refractivity (Wildman–Crippen MR) is 135 cm³/mol. The van der Waals surface area contributed by atoms with Crippen molar-refractivity contribution in [3.8, 4) is 28.4 Å². The molecule has 0 aliphatic carbocycles. The highest BCUT2D eigenvalue weighted by atomic mass is 32.1. The number of fused-ring (bicyclic) bond motifs is 1. The molecule has 0 atom stereocenters. The summed E-state index contributed by atoms with van der Waals surface area (Å²) in [5.41, 5.74) is 3.84. The third kappa shape index (κ3) is 5.08. The van der Waals surface area contributed by atoms with Gasteiger partial charge in [0.05, 0.1) is 29.4 Å². The molecular weight excluding hydrogens is 483 g/mol. The first-order valence-electron chi connectivity index (χ1n) is 10.8. The fourth-order valence-electron chi connectivity index (χ4n) is 3.48. The van der Waals surface area contributed by atoms with Gasteiger partial charge < -0.3 is 14.5 Å². The summed E-state index contributed by atoms with van der Waals surface area (Å²) in [7, 11) is 1.60. The minimum absolute atomic E-state index is 0.285. The number of nitrogens with one attached hydrogen (secondary N) is 2. The first-order chi connectivity index (χ1) is 17.5. The van der Waals surface area contributed by atoms with Gasteiger partial charge in [-0.05, 0) is 66.7 Å². The molecule has 2 aromatic heterocycles. The Morgan fingerprint density at radius 2 is 1.75 bits per heavy atom. The number of aromatic nitrogens is 3. The van der Waals surface area contributed by atoms with Gasteiger partial charge in [0, 0.05) is 16.5 Å². The normalized spacial score (nSPS) is 10.8. The van der Waals surface area contributed by atoms with E-state index in [1.807, 2.05) is 24.3 Å². The van der Waals surface area contributed by atoms with E-state index in [1.165, 1.54) is 23.5 Å². The lowest BCUT2D eigenvalue weighted by Crippen LogP contribution is -2.20. The lowest BCUT2D eigenvalue weighted by Gasteiger charge is -2.05. The molecular formula is C26H19FN4O4S. The van der Waals surface area contributed by atoms with Gasteiger partial charge >= 0.3 is 5.97 Å². The average molecular weight is 503 g/mol. The van der Waals surface area contributed by atoms with Crippen LogP contribution in [0.5, 0.6) is 5.75 Å². The molecule has 3 aromatic carbocycles. The lowest BCUT2D eigenvalue weighted by molar-refractivity contribution is -0.119. The van der Waals surface area contributed by atoms with Crippen LogP contribution in [0.25, 0.3) is 33.7 Å². The molecule has 180 valence electrons. The minimum atomic E-state index is -0.640. The molecule has 0 fully saturated rings. The number of nitrogens with zero attached hydrogens (tertiary/aromatic N) is 2. The number of esters is 1. The average Bonchev–Trinajstić information content (AvgIpc) is 3.54. The van der Waals surface area contributed by atoms with Gasteiger partial charge in [-0.2, -0.15) is 0 Å². The molecule has 0 radical (unpaired) electrons. The molecule has 0 saturated carbocycles. The number of hydrogen-bond donors (Lipinski definition) is 2. The summed E-state index contributed by atoms with van der Waals surface area (Å²) in [4.78, 5) is 36.8.